The van der Waals surface area contributed by atoms with Crippen LogP contribution in [0, 0.1) is 0 Å². The smallest absolute Gasteiger partial charge is 0.160 e. The minimum Gasteiger partial charge on any atom is -0.309 e. The molecule has 0 aliphatic heterocycles. The van der Waals surface area contributed by atoms with Gasteiger partial charge >= 0.3 is 0 Å². The molecule has 7 aromatic carbocycles. The molecule has 0 radical (unpaired) electrons. The van der Waals surface area contributed by atoms with E-state index >= 15 is 0 Å². The van der Waals surface area contributed by atoms with Crippen LogP contribution in [0.4, 0.5) is 0 Å². The van der Waals surface area contributed by atoms with Crippen LogP contribution in [0.5, 0.6) is 0 Å². The van der Waals surface area contributed by atoms with Crippen molar-refractivity contribution >= 4 is 43.6 Å². The first-order valence-electron chi connectivity index (χ1n) is 16.9. The minimum atomic E-state index is 0.693. The van der Waals surface area contributed by atoms with Crippen LogP contribution < -0.4 is 0 Å². The normalized spacial score (nSPS) is 11.6. The summed E-state index contributed by atoms with van der Waals surface area (Å²) in [4.78, 5) is 10.9. The molecule has 0 saturated carbocycles. The van der Waals surface area contributed by atoms with E-state index in [4.69, 9.17) is 9.97 Å². The first-order chi connectivity index (χ1) is 24.8. The van der Waals surface area contributed by atoms with Crippen LogP contribution in [-0.4, -0.2) is 19.1 Å². The van der Waals surface area contributed by atoms with Crippen molar-refractivity contribution in [1.29, 1.82) is 0 Å². The van der Waals surface area contributed by atoms with Crippen LogP contribution in [-0.2, 0) is 0 Å². The van der Waals surface area contributed by atoms with Crippen molar-refractivity contribution in [2.24, 2.45) is 0 Å². The molecule has 0 saturated heterocycles. The third-order valence-electron chi connectivity index (χ3n) is 9.72. The van der Waals surface area contributed by atoms with E-state index in [0.717, 1.165) is 56.0 Å². The molecule has 0 fully saturated rings. The van der Waals surface area contributed by atoms with Gasteiger partial charge in [0, 0.05) is 43.9 Å². The van der Waals surface area contributed by atoms with Crippen LogP contribution in [0.15, 0.2) is 182 Å². The Morgan fingerprint density at radius 2 is 0.820 bits per heavy atom. The highest BCUT2D eigenvalue weighted by atomic mass is 15.1. The molecule has 0 unspecified atom stereocenters. The number of hydrogen-bond donors (Lipinski definition) is 0. The Bertz CT molecular complexity index is 2770. The quantitative estimate of drug-likeness (QED) is 0.188. The summed E-state index contributed by atoms with van der Waals surface area (Å²) < 4.78 is 4.82. The molecular weight excluding hydrogens is 609 g/mol. The highest BCUT2D eigenvalue weighted by Crippen LogP contribution is 2.45. The van der Waals surface area contributed by atoms with Gasteiger partial charge in [-0.3, -0.25) is 0 Å². The molecule has 0 bridgehead atoms. The van der Waals surface area contributed by atoms with Crippen molar-refractivity contribution in [2.45, 2.75) is 0 Å². The van der Waals surface area contributed by atoms with Crippen molar-refractivity contribution in [3.8, 4) is 45.3 Å². The van der Waals surface area contributed by atoms with E-state index in [1.54, 1.807) is 0 Å². The monoisotopic (exact) mass is 638 g/mol. The minimum absolute atomic E-state index is 0.693. The fourth-order valence-corrected chi connectivity index (χ4v) is 7.57. The van der Waals surface area contributed by atoms with Gasteiger partial charge in [-0.25, -0.2) is 9.97 Å². The molecule has 4 nitrogen and oxygen atoms in total. The van der Waals surface area contributed by atoms with Crippen LogP contribution in [0.25, 0.3) is 88.9 Å². The Kier molecular flexibility index (Phi) is 6.46. The lowest BCUT2D eigenvalue weighted by molar-refractivity contribution is 1.09. The fraction of sp³-hybridized carbons (Fsp3) is 0. The second-order valence-electron chi connectivity index (χ2n) is 12.6. The fourth-order valence-electron chi connectivity index (χ4n) is 7.57. The van der Waals surface area contributed by atoms with Gasteiger partial charge in [0.25, 0.3) is 0 Å². The van der Waals surface area contributed by atoms with E-state index in [-0.39, 0.29) is 0 Å². The molecule has 0 atom stereocenters. The van der Waals surface area contributed by atoms with Crippen molar-refractivity contribution in [2.75, 3.05) is 0 Å². The maximum atomic E-state index is 5.43. The lowest BCUT2D eigenvalue weighted by atomic mass is 10.0. The predicted octanol–water partition coefficient (Wildman–Crippen LogP) is 11.7. The van der Waals surface area contributed by atoms with Gasteiger partial charge in [-0.05, 0) is 30.3 Å². The Hall–Kier alpha value is -6.78. The highest BCUT2D eigenvalue weighted by molar-refractivity contribution is 6.26. The zero-order valence-electron chi connectivity index (χ0n) is 27.1. The Balaban J connectivity index is 1.44. The molecule has 0 amide bonds. The van der Waals surface area contributed by atoms with E-state index in [0.29, 0.717) is 5.82 Å². The molecule has 234 valence electrons. The van der Waals surface area contributed by atoms with E-state index in [2.05, 4.69) is 173 Å². The Morgan fingerprint density at radius 3 is 1.42 bits per heavy atom. The maximum Gasteiger partial charge on any atom is 0.160 e. The van der Waals surface area contributed by atoms with Crippen LogP contribution in [0.3, 0.4) is 0 Å². The number of hydrogen-bond acceptors (Lipinski definition) is 2. The molecule has 3 heterocycles. The largest absolute Gasteiger partial charge is 0.309 e. The molecule has 0 spiro atoms. The third-order valence-corrected chi connectivity index (χ3v) is 9.72. The average Bonchev–Trinajstić information content (AvgIpc) is 3.71. The Morgan fingerprint density at radius 1 is 0.340 bits per heavy atom. The van der Waals surface area contributed by atoms with Gasteiger partial charge in [0.05, 0.1) is 39.1 Å². The molecule has 10 aromatic rings. The number of para-hydroxylation sites is 3. The number of benzene rings is 7. The summed E-state index contributed by atoms with van der Waals surface area (Å²) in [6.07, 6.45) is 0. The summed E-state index contributed by atoms with van der Waals surface area (Å²) in [6.45, 7) is 0. The molecule has 0 N–H and O–H groups in total. The van der Waals surface area contributed by atoms with Crippen LogP contribution in [0.2, 0.25) is 0 Å². The SMILES string of the molecule is c1ccc(-c2nc(-c3ccccc3)c(-n3c4ccccc4c4ccc5c(c6ccccc6n5-c5ccccc5)c43)c(-c3ccccc3)n2)cc1. The van der Waals surface area contributed by atoms with Crippen LogP contribution in [0.1, 0.15) is 0 Å². The van der Waals surface area contributed by atoms with E-state index in [1.807, 2.05) is 18.2 Å². The first kappa shape index (κ1) is 28.3. The molecule has 3 aromatic heterocycles. The van der Waals surface area contributed by atoms with E-state index in [1.165, 1.54) is 27.1 Å². The van der Waals surface area contributed by atoms with Gasteiger partial charge in [-0.15, -0.1) is 0 Å². The van der Waals surface area contributed by atoms with Gasteiger partial charge in [0.2, 0.25) is 0 Å². The van der Waals surface area contributed by atoms with Crippen molar-refractivity contribution in [1.82, 2.24) is 19.1 Å². The number of aromatic nitrogens is 4. The summed E-state index contributed by atoms with van der Waals surface area (Å²) in [5.74, 6) is 0.693. The van der Waals surface area contributed by atoms with Gasteiger partial charge in [-0.1, -0.05) is 152 Å². The second kappa shape index (κ2) is 11.4. The summed E-state index contributed by atoms with van der Waals surface area (Å²) in [5, 5.41) is 4.77. The first-order valence-corrected chi connectivity index (χ1v) is 16.9. The number of nitrogens with zero attached hydrogens (tertiary/aromatic N) is 4. The summed E-state index contributed by atoms with van der Waals surface area (Å²) in [6, 6.07) is 64.1. The van der Waals surface area contributed by atoms with Crippen molar-refractivity contribution in [3.63, 3.8) is 0 Å². The molecule has 50 heavy (non-hydrogen) atoms. The van der Waals surface area contributed by atoms with Crippen LogP contribution >= 0.6 is 0 Å². The second-order valence-corrected chi connectivity index (χ2v) is 12.6. The van der Waals surface area contributed by atoms with E-state index in [9.17, 15) is 0 Å². The van der Waals surface area contributed by atoms with Gasteiger partial charge in [-0.2, -0.15) is 0 Å². The lowest BCUT2D eigenvalue weighted by Gasteiger charge is -2.19. The number of rotatable bonds is 5. The topological polar surface area (TPSA) is 35.6 Å². The molecule has 0 aliphatic rings. The van der Waals surface area contributed by atoms with E-state index < -0.39 is 0 Å². The van der Waals surface area contributed by atoms with Crippen molar-refractivity contribution in [3.05, 3.63) is 182 Å². The van der Waals surface area contributed by atoms with Gasteiger partial charge in [0.15, 0.2) is 5.82 Å². The maximum absolute atomic E-state index is 5.43. The highest BCUT2D eigenvalue weighted by Gasteiger charge is 2.26. The lowest BCUT2D eigenvalue weighted by Crippen LogP contribution is -2.07. The molecule has 4 heteroatoms. The van der Waals surface area contributed by atoms with Gasteiger partial charge < -0.3 is 9.13 Å². The predicted molar refractivity (Wildman–Crippen MR) is 207 cm³/mol. The average molecular weight is 639 g/mol. The molecule has 0 aliphatic carbocycles. The molecule has 10 rings (SSSR count). The van der Waals surface area contributed by atoms with Gasteiger partial charge in [0.1, 0.15) is 0 Å². The summed E-state index contributed by atoms with van der Waals surface area (Å²) in [5.41, 5.74) is 11.4. The Labute approximate surface area is 289 Å². The standard InChI is InChI=1S/C46H30N4/c1-5-17-31(18-6-1)42-45(43(32-19-7-2-8-20-32)48-46(47-42)33-21-9-3-10-22-33)50-38-27-15-13-25-35(38)36-29-30-40-41(44(36)50)37-26-14-16-28-39(37)49(40)34-23-11-4-12-24-34/h1-30H. The summed E-state index contributed by atoms with van der Waals surface area (Å²) in [7, 11) is 0. The summed E-state index contributed by atoms with van der Waals surface area (Å²) >= 11 is 0. The molecular formula is C46H30N4. The zero-order chi connectivity index (χ0) is 33.0. The number of fused-ring (bicyclic) bond motifs is 7. The van der Waals surface area contributed by atoms with Crippen molar-refractivity contribution < 1.29 is 0 Å². The zero-order valence-corrected chi connectivity index (χ0v) is 27.1. The third kappa shape index (κ3) is 4.32.